The summed E-state index contributed by atoms with van der Waals surface area (Å²) in [6.07, 6.45) is 22.3. The molecular weight excluding hydrogens is 1960 g/mol. The average molecular weight is 2050 g/mol. The molecule has 0 spiro atoms. The molecule has 20 aromatic rings. The van der Waals surface area contributed by atoms with Gasteiger partial charge in [-0.15, -0.1) is 12.8 Å². The lowest BCUT2D eigenvalue weighted by Gasteiger charge is -2.19. The van der Waals surface area contributed by atoms with Gasteiger partial charge in [0.25, 0.3) is 58.5 Å². The Morgan fingerprint density at radius 3 is 1.23 bits per heavy atom. The van der Waals surface area contributed by atoms with Crippen LogP contribution in [-0.4, -0.2) is 121 Å². The molecule has 0 atom stereocenters. The van der Waals surface area contributed by atoms with E-state index in [0.717, 1.165) is 108 Å². The Morgan fingerprint density at radius 1 is 0.396 bits per heavy atom. The van der Waals surface area contributed by atoms with Crippen LogP contribution in [0, 0.1) is 92.2 Å². The van der Waals surface area contributed by atoms with Gasteiger partial charge in [-0.1, -0.05) is 60.4 Å². The average Bonchev–Trinajstić information content (AvgIpc) is 1.63. The minimum absolute atomic E-state index is 0.0158. The van der Waals surface area contributed by atoms with Crippen LogP contribution < -0.4 is 36.2 Å². The minimum Gasteiger partial charge on any atom is -0.440 e. The van der Waals surface area contributed by atoms with Crippen molar-refractivity contribution in [1.82, 2.24) is 49.3 Å². The van der Waals surface area contributed by atoms with E-state index in [1.165, 1.54) is 18.2 Å². The first kappa shape index (κ1) is 102. The summed E-state index contributed by atoms with van der Waals surface area (Å²) in [4.78, 5) is 142. The molecule has 15 aromatic heterocycles. The molecule has 732 valence electrons. The van der Waals surface area contributed by atoms with Gasteiger partial charge in [-0.2, -0.15) is 38.4 Å². The SMILES string of the molecule is C#Cc1ccc(Cc2cc(C(=O)C(=O)Nc3cc(C)ns3)c3c(F)cccn23)cc1.C#Cc1ccc(Cc2cc(C(=O)C(=O)Nc3ccnn3CC)c3ccccn23)cc1.Cc1cc(NC(=O)C(=O)c2cc(C(=O)c3ccc(C#N)cc3)n3ccccc23)sn1.Cc1cc(NC(=O)C(=O)c2cc(N(C)c3ccc(C#N)cc3)n3ccccc23)sn1.Cc1cc(NC(=O)C(=O)c2cc(Oc3ccc(C#N)cc3)n3ccccc23)sn1. The third-order valence-corrected chi connectivity index (χ3v) is 26.2. The highest BCUT2D eigenvalue weighted by molar-refractivity contribution is 7.11. The Morgan fingerprint density at radius 2 is 0.772 bits per heavy atom. The summed E-state index contributed by atoms with van der Waals surface area (Å²) in [5, 5.41) is 45.9. The molecule has 20 rings (SSSR count). The van der Waals surface area contributed by atoms with E-state index in [0.29, 0.717) is 118 Å². The summed E-state index contributed by atoms with van der Waals surface area (Å²) < 4.78 is 47.1. The van der Waals surface area contributed by atoms with E-state index in [1.807, 2.05) is 157 Å². The normalized spacial score (nSPS) is 10.6. The van der Waals surface area contributed by atoms with Gasteiger partial charge in [0.1, 0.15) is 43.2 Å². The Hall–Kier alpha value is -19.9. The number of ketones is 6. The molecule has 0 saturated heterocycles. The number of benzene rings is 5. The van der Waals surface area contributed by atoms with Crippen LogP contribution in [0.2, 0.25) is 0 Å². The van der Waals surface area contributed by atoms with Gasteiger partial charge in [-0.05, 0) is 298 Å². The second-order valence-electron chi connectivity index (χ2n) is 33.0. The summed E-state index contributed by atoms with van der Waals surface area (Å²) in [6.45, 7) is 9.70. The van der Waals surface area contributed by atoms with Crippen molar-refractivity contribution >= 4 is 175 Å². The van der Waals surface area contributed by atoms with E-state index in [9.17, 15) is 57.1 Å². The van der Waals surface area contributed by atoms with Crippen molar-refractivity contribution in [2.24, 2.45) is 0 Å². The van der Waals surface area contributed by atoms with Crippen LogP contribution in [0.1, 0.15) is 148 Å². The van der Waals surface area contributed by atoms with Crippen LogP contribution in [0.25, 0.3) is 27.6 Å². The number of ether oxygens (including phenoxy) is 1. The van der Waals surface area contributed by atoms with Crippen LogP contribution in [0.4, 0.5) is 41.7 Å². The van der Waals surface area contributed by atoms with Crippen LogP contribution in [-0.2, 0) is 43.4 Å². The standard InChI is InChI=1S/C24H20N4O2.C23H16FN3O2S.C22H17N5O2S.C22H14N4O3S.C21H14N4O3S/c1-3-17-8-10-18(11-9-17)15-19-16-20(21-7-5-6-14-27(19)21)23(29)24(30)26-22-12-13-25-28(22)4-2;1-3-15-6-8-16(9-7-15)12-17-13-18(21-19(24)5-4-10-27(17)21)22(28)23(29)25-20-11-14(2)26-30-20;1-14-11-19(30-25-14)24-22(29)21(28)17-12-20(27-10-4-3-5-18(17)27)26(2)16-8-6-15(13-23)7-9-16;1-13-10-19(30-25-13)24-22(29)21(28)16-11-18(26-9-3-2-4-17(16)26)20(27)15-7-5-14(12-23)6-8-15;1-13-10-18(29-24-13)23-21(27)20(26)16-11-19(25-9-3-2-4-17(16)25)28-15-7-5-14(12-22)6-8-15/h1,5-14,16H,4,15H2,2H3,(H,26,30);1,4-11,13H,12H2,2H3,(H,25,29);3-12H,1-2H3,(H,24,29);2-11H,1H3,(H,24,29);2-11H,1H3,(H,23,27). The Balaban J connectivity index is 0.000000133. The first-order valence-corrected chi connectivity index (χ1v) is 48.5. The molecule has 5 N–H and O–H groups in total. The smallest absolute Gasteiger partial charge is 0.297 e. The van der Waals surface area contributed by atoms with Gasteiger partial charge in [0, 0.05) is 103 Å². The number of carbonyl (C=O) groups excluding carboxylic acids is 11. The number of carbonyl (C=O) groups is 11. The molecule has 5 amide bonds. The van der Waals surface area contributed by atoms with Crippen molar-refractivity contribution in [2.45, 2.75) is 54.0 Å². The van der Waals surface area contributed by atoms with Crippen molar-refractivity contribution in [3.05, 3.63) is 422 Å². The number of pyridine rings is 5. The molecule has 32 nitrogen and oxygen atoms in total. The van der Waals surface area contributed by atoms with Gasteiger partial charge in [0.05, 0.1) is 125 Å². The molecule has 0 bridgehead atoms. The third kappa shape index (κ3) is 23.6. The Kier molecular flexibility index (Phi) is 31.5. The van der Waals surface area contributed by atoms with Crippen LogP contribution in [0.15, 0.2) is 304 Å². The quantitative estimate of drug-likeness (QED) is 0.0191. The highest BCUT2D eigenvalue weighted by atomic mass is 32.1. The van der Waals surface area contributed by atoms with E-state index >= 15 is 0 Å². The molecule has 5 aromatic carbocycles. The van der Waals surface area contributed by atoms with Crippen LogP contribution >= 0.6 is 46.1 Å². The van der Waals surface area contributed by atoms with Gasteiger partial charge >= 0.3 is 0 Å². The highest BCUT2D eigenvalue weighted by Gasteiger charge is 2.31. The largest absolute Gasteiger partial charge is 0.440 e. The Labute approximate surface area is 865 Å². The van der Waals surface area contributed by atoms with E-state index in [-0.39, 0.29) is 33.7 Å². The summed E-state index contributed by atoms with van der Waals surface area (Å²) in [5.74, 6) is -0.820. The molecule has 0 saturated carbocycles. The predicted molar refractivity (Wildman–Crippen MR) is 566 cm³/mol. The molecule has 0 aliphatic heterocycles. The number of amides is 5. The molecule has 0 fully saturated rings. The molecule has 0 aliphatic rings. The van der Waals surface area contributed by atoms with Gasteiger partial charge < -0.3 is 53.8 Å². The number of hydrogen-bond acceptors (Lipinski definition) is 25. The fourth-order valence-electron chi connectivity index (χ4n) is 15.8. The predicted octanol–water partition coefficient (Wildman–Crippen LogP) is 19.8. The van der Waals surface area contributed by atoms with Gasteiger partial charge in [-0.3, -0.25) is 57.1 Å². The zero-order valence-corrected chi connectivity index (χ0v) is 83.0. The molecule has 0 unspecified atom stereocenters. The number of terminal acetylenes is 2. The van der Waals surface area contributed by atoms with E-state index < -0.39 is 64.3 Å². The van der Waals surface area contributed by atoms with E-state index in [4.69, 9.17) is 33.4 Å². The number of Topliss-reactive ketones (excluding diaryl/α,β-unsaturated/α-hetero) is 5. The second-order valence-corrected chi connectivity index (χ2v) is 36.3. The first-order chi connectivity index (χ1) is 72.1. The van der Waals surface area contributed by atoms with Crippen molar-refractivity contribution in [3.8, 4) is 54.5 Å². The maximum atomic E-state index is 14.6. The van der Waals surface area contributed by atoms with E-state index in [1.54, 1.807) is 214 Å². The molecule has 149 heavy (non-hydrogen) atoms. The molecule has 37 heteroatoms. The number of halogens is 1. The highest BCUT2D eigenvalue weighted by Crippen LogP contribution is 2.35. The van der Waals surface area contributed by atoms with E-state index in [2.05, 4.69) is 67.1 Å². The fraction of sp³-hybridized carbons (Fsp3) is 0.0804. The first-order valence-electron chi connectivity index (χ1n) is 45.4. The number of aryl methyl sites for hydroxylation is 5. The monoisotopic (exact) mass is 2040 g/mol. The lowest BCUT2D eigenvalue weighted by atomic mass is 10.1. The molecule has 0 aliphatic carbocycles. The number of fused-ring (bicyclic) bond motifs is 5. The maximum absolute atomic E-state index is 14.6. The lowest BCUT2D eigenvalue weighted by molar-refractivity contribution is -0.113. The number of nitrogens with zero attached hydrogens (tertiary/aromatic N) is 15. The summed E-state index contributed by atoms with van der Waals surface area (Å²) in [7, 11) is 1.87. The minimum atomic E-state index is -0.834. The van der Waals surface area contributed by atoms with Crippen molar-refractivity contribution in [1.29, 1.82) is 15.8 Å². The number of rotatable bonds is 26. The van der Waals surface area contributed by atoms with Crippen molar-refractivity contribution in [2.75, 3.05) is 38.5 Å². The Bertz CT molecular complexity index is 8870. The number of aromatic nitrogens is 11. The van der Waals surface area contributed by atoms with Crippen LogP contribution in [0.3, 0.4) is 0 Å². The van der Waals surface area contributed by atoms with Gasteiger partial charge in [0.15, 0.2) is 0 Å². The third-order valence-electron chi connectivity index (χ3n) is 23.0. The lowest BCUT2D eigenvalue weighted by Crippen LogP contribution is -2.24. The zero-order valence-electron chi connectivity index (χ0n) is 79.8. The molecule has 15 heterocycles. The topological polar surface area (TPSA) is 423 Å². The van der Waals surface area contributed by atoms with Crippen LogP contribution in [0.5, 0.6) is 11.6 Å². The number of nitrogens with one attached hydrogen (secondary N) is 5. The second kappa shape index (κ2) is 46.0. The summed E-state index contributed by atoms with van der Waals surface area (Å²) in [5.41, 5.74) is 14.7. The summed E-state index contributed by atoms with van der Waals surface area (Å²) in [6, 6.07) is 82.0. The maximum Gasteiger partial charge on any atom is 0.297 e. The molecular formula is C112H81FN20O12S4. The van der Waals surface area contributed by atoms with Crippen molar-refractivity contribution < 1.29 is 61.9 Å². The zero-order chi connectivity index (χ0) is 105. The summed E-state index contributed by atoms with van der Waals surface area (Å²) >= 11 is 4.42. The van der Waals surface area contributed by atoms with Crippen molar-refractivity contribution in [3.63, 3.8) is 0 Å². The number of anilines is 7. The number of hydrogen-bond donors (Lipinski definition) is 5. The molecule has 0 radical (unpaired) electrons. The van der Waals surface area contributed by atoms with Gasteiger partial charge in [0.2, 0.25) is 11.7 Å². The fourth-order valence-corrected chi connectivity index (χ4v) is 18.4. The number of nitriles is 3. The van der Waals surface area contributed by atoms with Gasteiger partial charge in [-0.25, -0.2) is 9.07 Å².